The van der Waals surface area contributed by atoms with Crippen molar-refractivity contribution in [1.29, 1.82) is 0 Å². The van der Waals surface area contributed by atoms with E-state index in [2.05, 4.69) is 35.9 Å². The van der Waals surface area contributed by atoms with Crippen LogP contribution in [0.4, 0.5) is 17.7 Å². The number of aliphatic hydroxyl groups excluding tert-OH is 2. The first kappa shape index (κ1) is 20.6. The van der Waals surface area contributed by atoms with Crippen molar-refractivity contribution in [3.63, 3.8) is 0 Å². The molecule has 2 aromatic heterocycles. The summed E-state index contributed by atoms with van der Waals surface area (Å²) >= 11 is 0. The molecule has 156 valence electrons. The number of nitrogens with zero attached hydrogens (tertiary/aromatic N) is 3. The van der Waals surface area contributed by atoms with Gasteiger partial charge in [0.05, 0.1) is 7.11 Å². The van der Waals surface area contributed by atoms with Crippen LogP contribution in [0.3, 0.4) is 0 Å². The minimum Gasteiger partial charge on any atom is -0.497 e. The van der Waals surface area contributed by atoms with E-state index in [1.165, 1.54) is 0 Å². The van der Waals surface area contributed by atoms with E-state index in [0.717, 1.165) is 11.3 Å². The third-order valence-electron chi connectivity index (χ3n) is 4.22. The minimum absolute atomic E-state index is 0.0964. The topological polar surface area (TPSA) is 140 Å². The molecule has 3 rings (SSSR count). The van der Waals surface area contributed by atoms with Gasteiger partial charge in [-0.25, -0.2) is 0 Å². The maximum absolute atomic E-state index is 8.98. The van der Waals surface area contributed by atoms with E-state index >= 15 is 0 Å². The van der Waals surface area contributed by atoms with Crippen LogP contribution >= 0.6 is 0 Å². The van der Waals surface area contributed by atoms with Crippen molar-refractivity contribution in [2.45, 2.75) is 19.4 Å². The summed E-state index contributed by atoms with van der Waals surface area (Å²) in [6.45, 7) is 1.93. The van der Waals surface area contributed by atoms with Gasteiger partial charge in [-0.2, -0.15) is 15.0 Å². The molecule has 0 saturated carbocycles. The quantitative estimate of drug-likeness (QED) is 0.249. The highest BCUT2D eigenvalue weighted by Gasteiger charge is 2.13. The molecule has 0 atom stereocenters. The monoisotopic (exact) mass is 401 g/mol. The zero-order valence-electron chi connectivity index (χ0n) is 16.4. The number of nitrogens with one attached hydrogen (secondary N) is 4. The largest absolute Gasteiger partial charge is 0.497 e. The molecule has 0 aliphatic carbocycles. The number of aliphatic hydroxyl groups is 2. The second-order valence-corrected chi connectivity index (χ2v) is 6.39. The lowest BCUT2D eigenvalue weighted by molar-refractivity contribution is 0.292. The van der Waals surface area contributed by atoms with Crippen LogP contribution in [0.2, 0.25) is 0 Å². The van der Waals surface area contributed by atoms with E-state index in [1.807, 2.05) is 24.3 Å². The van der Waals surface area contributed by atoms with Gasteiger partial charge in [0.15, 0.2) is 11.5 Å². The number of methoxy groups -OCH3 is 1. The lowest BCUT2D eigenvalue weighted by atomic mass is 10.2. The first-order chi connectivity index (χ1) is 14.2. The summed E-state index contributed by atoms with van der Waals surface area (Å²) in [5.74, 6) is 2.44. The molecule has 0 amide bonds. The molecule has 0 unspecified atom stereocenters. The van der Waals surface area contributed by atoms with Crippen molar-refractivity contribution in [2.24, 2.45) is 0 Å². The minimum atomic E-state index is 0.0964. The lowest BCUT2D eigenvalue weighted by Gasteiger charge is -2.10. The number of aromatic nitrogens is 4. The van der Waals surface area contributed by atoms with E-state index in [9.17, 15) is 0 Å². The highest BCUT2D eigenvalue weighted by atomic mass is 16.5. The fraction of sp³-hybridized carbons (Fsp3) is 0.421. The number of H-pyrrole nitrogens is 1. The van der Waals surface area contributed by atoms with E-state index in [0.29, 0.717) is 61.4 Å². The Morgan fingerprint density at radius 2 is 1.66 bits per heavy atom. The van der Waals surface area contributed by atoms with Crippen LogP contribution in [0, 0.1) is 0 Å². The van der Waals surface area contributed by atoms with Gasteiger partial charge >= 0.3 is 0 Å². The Balaban J connectivity index is 1.80. The Morgan fingerprint density at radius 3 is 2.34 bits per heavy atom. The van der Waals surface area contributed by atoms with Gasteiger partial charge in [0, 0.05) is 32.8 Å². The SMILES string of the molecule is COc1ccc(CNc2nc(NCCCO)nc3nc(NCCCO)[nH]c23)cc1. The van der Waals surface area contributed by atoms with E-state index in [1.54, 1.807) is 7.11 Å². The molecular weight excluding hydrogens is 374 g/mol. The maximum atomic E-state index is 8.98. The smallest absolute Gasteiger partial charge is 0.226 e. The number of rotatable bonds is 12. The van der Waals surface area contributed by atoms with Crippen molar-refractivity contribution in [2.75, 3.05) is 49.4 Å². The molecule has 10 nitrogen and oxygen atoms in total. The van der Waals surface area contributed by atoms with Gasteiger partial charge in [-0.1, -0.05) is 12.1 Å². The summed E-state index contributed by atoms with van der Waals surface area (Å²) in [4.78, 5) is 16.7. The number of ether oxygens (including phenoxy) is 1. The number of imidazole rings is 1. The molecule has 6 N–H and O–H groups in total. The molecule has 0 aliphatic heterocycles. The van der Waals surface area contributed by atoms with E-state index < -0.39 is 0 Å². The number of hydrogen-bond donors (Lipinski definition) is 6. The molecule has 0 radical (unpaired) electrons. The molecular formula is C19H27N7O3. The normalized spacial score (nSPS) is 10.9. The Labute approximate surface area is 168 Å². The summed E-state index contributed by atoms with van der Waals surface area (Å²) in [6.07, 6.45) is 1.23. The molecule has 0 fully saturated rings. The standard InChI is InChI=1S/C19H27N7O3/c1-29-14-6-4-13(5-7-14)12-22-16-15-17(25-18(23-15)20-8-2-10-27)26-19(24-16)21-9-3-11-28/h4-7,27-28H,2-3,8-12H2,1H3,(H4,20,21,22,23,24,25,26). The van der Waals surface area contributed by atoms with Crippen molar-refractivity contribution in [1.82, 2.24) is 19.9 Å². The van der Waals surface area contributed by atoms with Gasteiger partial charge < -0.3 is 35.9 Å². The predicted octanol–water partition coefficient (Wildman–Crippen LogP) is 1.56. The van der Waals surface area contributed by atoms with Crippen LogP contribution in [0.15, 0.2) is 24.3 Å². The second-order valence-electron chi connectivity index (χ2n) is 6.39. The molecule has 0 bridgehead atoms. The van der Waals surface area contributed by atoms with E-state index in [-0.39, 0.29) is 13.2 Å². The Kier molecular flexibility index (Phi) is 7.42. The van der Waals surface area contributed by atoms with Crippen LogP contribution in [0.25, 0.3) is 11.2 Å². The predicted molar refractivity (Wildman–Crippen MR) is 112 cm³/mol. The van der Waals surface area contributed by atoms with Gasteiger partial charge in [0.1, 0.15) is 11.3 Å². The summed E-state index contributed by atoms with van der Waals surface area (Å²) in [5.41, 5.74) is 2.29. The lowest BCUT2D eigenvalue weighted by Crippen LogP contribution is -2.09. The highest BCUT2D eigenvalue weighted by Crippen LogP contribution is 2.23. The Morgan fingerprint density at radius 1 is 0.931 bits per heavy atom. The molecule has 0 aliphatic rings. The zero-order chi connectivity index (χ0) is 20.5. The Bertz CT molecular complexity index is 899. The molecule has 3 aromatic rings. The molecule has 1 aromatic carbocycles. The molecule has 29 heavy (non-hydrogen) atoms. The van der Waals surface area contributed by atoms with Crippen molar-refractivity contribution >= 4 is 28.9 Å². The van der Waals surface area contributed by atoms with Gasteiger partial charge in [0.25, 0.3) is 0 Å². The van der Waals surface area contributed by atoms with Gasteiger partial charge in [-0.05, 0) is 30.5 Å². The van der Waals surface area contributed by atoms with Crippen LogP contribution in [0.5, 0.6) is 5.75 Å². The van der Waals surface area contributed by atoms with Gasteiger partial charge in [0.2, 0.25) is 11.9 Å². The van der Waals surface area contributed by atoms with Crippen LogP contribution in [0.1, 0.15) is 18.4 Å². The van der Waals surface area contributed by atoms with E-state index in [4.69, 9.17) is 14.9 Å². The summed E-state index contributed by atoms with van der Waals surface area (Å²) in [5, 5.41) is 27.5. The molecule has 0 saturated heterocycles. The summed E-state index contributed by atoms with van der Waals surface area (Å²) in [7, 11) is 1.64. The third-order valence-corrected chi connectivity index (χ3v) is 4.22. The number of anilines is 3. The fourth-order valence-corrected chi connectivity index (χ4v) is 2.68. The van der Waals surface area contributed by atoms with Crippen molar-refractivity contribution in [3.05, 3.63) is 29.8 Å². The average molecular weight is 401 g/mol. The first-order valence-corrected chi connectivity index (χ1v) is 9.57. The number of benzene rings is 1. The molecule has 2 heterocycles. The molecule has 10 heteroatoms. The first-order valence-electron chi connectivity index (χ1n) is 9.57. The number of fused-ring (bicyclic) bond motifs is 1. The Hall–Kier alpha value is -3.11. The second kappa shape index (κ2) is 10.4. The van der Waals surface area contributed by atoms with Crippen LogP contribution in [-0.2, 0) is 6.54 Å². The molecule has 0 spiro atoms. The summed E-state index contributed by atoms with van der Waals surface area (Å²) < 4.78 is 5.19. The average Bonchev–Trinajstić information content (AvgIpc) is 3.16. The van der Waals surface area contributed by atoms with Crippen LogP contribution < -0.4 is 20.7 Å². The third kappa shape index (κ3) is 5.69. The van der Waals surface area contributed by atoms with Crippen molar-refractivity contribution < 1.29 is 14.9 Å². The summed E-state index contributed by atoms with van der Waals surface area (Å²) in [6, 6.07) is 7.79. The highest BCUT2D eigenvalue weighted by molar-refractivity contribution is 5.85. The van der Waals surface area contributed by atoms with Crippen LogP contribution in [-0.4, -0.2) is 63.6 Å². The zero-order valence-corrected chi connectivity index (χ0v) is 16.4. The maximum Gasteiger partial charge on any atom is 0.226 e. The fourth-order valence-electron chi connectivity index (χ4n) is 2.68. The number of hydrogen-bond acceptors (Lipinski definition) is 9. The number of aromatic amines is 1. The van der Waals surface area contributed by atoms with Gasteiger partial charge in [-0.15, -0.1) is 0 Å². The van der Waals surface area contributed by atoms with Crippen molar-refractivity contribution in [3.8, 4) is 5.75 Å². The van der Waals surface area contributed by atoms with Gasteiger partial charge in [-0.3, -0.25) is 0 Å².